The summed E-state index contributed by atoms with van der Waals surface area (Å²) in [5, 5.41) is -0.0311. The first-order chi connectivity index (χ1) is 40.7. The van der Waals surface area contributed by atoms with Gasteiger partial charge in [0, 0.05) is 86.5 Å². The Balaban J connectivity index is 1.39. The topological polar surface area (TPSA) is 391 Å². The Morgan fingerprint density at radius 1 is 0.667 bits per heavy atom. The number of allylic oxidation sites excluding steroid dienone is 6. The van der Waals surface area contributed by atoms with E-state index in [9.17, 15) is 79.2 Å². The SMILES string of the molecule is COCCOCCOCCOCCC1(C)\C(=C/C=C(C)/C=C/C2=[N+](CCOC)c3ccc4c(S(=O)(=O)O)cc(S(=O)(=O)O)cc4c3C2(C)CCCS(=O)(=O)O)N(CCCC(=O)ON2C(=O)CCC2=O)c2ccc3c(S(=O)(=O)[O-])cc(S(=O)(=O)O)cc3c21. The molecule has 4 aromatic rings. The smallest absolute Gasteiger partial charge is 0.333 e. The van der Waals surface area contributed by atoms with Crippen molar-refractivity contribution in [2.24, 2.45) is 0 Å². The monoisotopic (exact) mass is 1310 g/mol. The van der Waals surface area contributed by atoms with Crippen LogP contribution < -0.4 is 4.90 Å². The summed E-state index contributed by atoms with van der Waals surface area (Å²) in [6, 6.07) is 8.91. The molecule has 0 spiro atoms. The third kappa shape index (κ3) is 15.9. The Kier molecular flexibility index (Phi) is 21.6. The molecule has 32 heteroatoms. The lowest BCUT2D eigenvalue weighted by Gasteiger charge is -2.31. The highest BCUT2D eigenvalue weighted by molar-refractivity contribution is 7.87. The summed E-state index contributed by atoms with van der Waals surface area (Å²) in [7, 11) is -22.5. The predicted molar refractivity (Wildman–Crippen MR) is 311 cm³/mol. The molecule has 2 amide bonds. The zero-order valence-corrected chi connectivity index (χ0v) is 52.1. The molecular weight excluding hydrogens is 1250 g/mol. The lowest BCUT2D eigenvalue weighted by molar-refractivity contribution is -0.441. The first-order valence-electron chi connectivity index (χ1n) is 27.0. The van der Waals surface area contributed by atoms with Gasteiger partial charge in [-0.15, -0.1) is 5.06 Å². The van der Waals surface area contributed by atoms with Gasteiger partial charge in [0.25, 0.3) is 52.3 Å². The Morgan fingerprint density at radius 3 is 1.78 bits per heavy atom. The van der Waals surface area contributed by atoms with E-state index in [1.807, 2.05) is 0 Å². The molecule has 1 saturated heterocycles. The molecular formula is C55H67N3O24S5. The first-order valence-corrected chi connectivity index (χ1v) is 34.3. The van der Waals surface area contributed by atoms with Crippen molar-refractivity contribution in [3.8, 4) is 0 Å². The minimum absolute atomic E-state index is 0.0185. The van der Waals surface area contributed by atoms with Crippen molar-refractivity contribution < 1.29 is 112 Å². The van der Waals surface area contributed by atoms with Crippen LogP contribution in [-0.4, -0.2) is 184 Å². The first kappa shape index (κ1) is 68.5. The Bertz CT molecular complexity index is 4070. The van der Waals surface area contributed by atoms with Crippen LogP contribution in [0.25, 0.3) is 21.5 Å². The van der Waals surface area contributed by atoms with Gasteiger partial charge in [0.1, 0.15) is 21.6 Å². The van der Waals surface area contributed by atoms with E-state index >= 15 is 0 Å². The lowest BCUT2D eigenvalue weighted by atomic mass is 9.74. The summed E-state index contributed by atoms with van der Waals surface area (Å²) in [6.07, 6.45) is 5.81. The number of hydrogen-bond donors (Lipinski definition) is 4. The van der Waals surface area contributed by atoms with Crippen LogP contribution in [0.5, 0.6) is 0 Å². The van der Waals surface area contributed by atoms with Crippen LogP contribution in [-0.2, 0) is 104 Å². The molecule has 4 N–H and O–H groups in total. The molecule has 3 heterocycles. The minimum Gasteiger partial charge on any atom is -0.744 e. The largest absolute Gasteiger partial charge is 0.744 e. The van der Waals surface area contributed by atoms with Crippen molar-refractivity contribution in [2.45, 2.75) is 96.1 Å². The standard InChI is InChI=1S/C55H67N3O24S5/c1-36(9-15-47-54(2,19-7-31-83(62,63)64)52-41-32-37(84(65,66)67)34-45(86(71,72)73)39(41)12-14-44(52)57(47)22-24-77-4)10-16-48-55(3,20-23-79-27-28-81-30-29-80-26-25-78-5)53-42-33-38(85(68,69)70)35-46(87(74,75)76)40(42)11-13-43(53)56(48)21-6-8-51(61)82-58-49(59)17-18-50(58)60/h9-16,32-35H,6-8,17-31H2,1-5H3,(H4-,62,63,64,65,66,67,68,69,70,71,72,73,74,75,76). The predicted octanol–water partition coefficient (Wildman–Crippen LogP) is 4.95. The van der Waals surface area contributed by atoms with Crippen molar-refractivity contribution >= 4 is 107 Å². The maximum absolute atomic E-state index is 13.2. The summed E-state index contributed by atoms with van der Waals surface area (Å²) in [4.78, 5) is 41.2. The van der Waals surface area contributed by atoms with Gasteiger partial charge in [-0.1, -0.05) is 23.8 Å². The molecule has 2 atom stereocenters. The van der Waals surface area contributed by atoms with Gasteiger partial charge in [-0.3, -0.25) is 27.8 Å². The van der Waals surface area contributed by atoms with E-state index in [0.717, 1.165) is 12.1 Å². The molecule has 27 nitrogen and oxygen atoms in total. The van der Waals surface area contributed by atoms with Crippen molar-refractivity contribution in [1.29, 1.82) is 0 Å². The maximum atomic E-state index is 13.2. The van der Waals surface area contributed by atoms with E-state index in [-0.39, 0.29) is 130 Å². The Hall–Kier alpha value is -5.95. The molecule has 0 saturated carbocycles. The molecule has 2 unspecified atom stereocenters. The van der Waals surface area contributed by atoms with E-state index in [4.69, 9.17) is 28.5 Å². The zero-order chi connectivity index (χ0) is 64.1. The van der Waals surface area contributed by atoms with Gasteiger partial charge >= 0.3 is 5.97 Å². The third-order valence-electron chi connectivity index (χ3n) is 15.1. The van der Waals surface area contributed by atoms with Gasteiger partial charge in [0.15, 0.2) is 12.3 Å². The van der Waals surface area contributed by atoms with Gasteiger partial charge in [0.2, 0.25) is 5.69 Å². The van der Waals surface area contributed by atoms with Crippen LogP contribution in [0.4, 0.5) is 11.4 Å². The van der Waals surface area contributed by atoms with E-state index in [1.165, 1.54) is 38.5 Å². The molecule has 0 aromatic heterocycles. The van der Waals surface area contributed by atoms with Crippen LogP contribution in [0.15, 0.2) is 104 Å². The average Bonchev–Trinajstić information content (AvgIpc) is 1.61. The van der Waals surface area contributed by atoms with Crippen molar-refractivity contribution in [1.82, 2.24) is 5.06 Å². The summed E-state index contributed by atoms with van der Waals surface area (Å²) < 4.78 is 210. The number of imide groups is 1. The minimum atomic E-state index is -5.43. The van der Waals surface area contributed by atoms with Crippen molar-refractivity contribution in [2.75, 3.05) is 90.8 Å². The third-order valence-corrected chi connectivity index (χ3v) is 19.4. The molecule has 3 aliphatic heterocycles. The number of hydroxylamine groups is 2. The number of carbonyl (C=O) groups excluding carboxylic acids is 3. The molecule has 4 aromatic carbocycles. The van der Waals surface area contributed by atoms with Crippen molar-refractivity contribution in [3.63, 3.8) is 0 Å². The molecule has 0 radical (unpaired) electrons. The molecule has 0 aliphatic carbocycles. The highest BCUT2D eigenvalue weighted by Crippen LogP contribution is 2.54. The number of carbonyl (C=O) groups is 3. The van der Waals surface area contributed by atoms with E-state index in [2.05, 4.69) is 0 Å². The fourth-order valence-corrected chi connectivity index (χ4v) is 14.3. The summed E-state index contributed by atoms with van der Waals surface area (Å²) in [5.41, 5.74) is -0.106. The number of methoxy groups -OCH3 is 2. The van der Waals surface area contributed by atoms with Crippen LogP contribution in [0.2, 0.25) is 0 Å². The van der Waals surface area contributed by atoms with Crippen molar-refractivity contribution in [3.05, 3.63) is 95.2 Å². The Labute approximate surface area is 503 Å². The second-order valence-electron chi connectivity index (χ2n) is 21.1. The number of rotatable bonds is 31. The number of fused-ring (bicyclic) bond motifs is 6. The highest BCUT2D eigenvalue weighted by atomic mass is 32.2. The highest BCUT2D eigenvalue weighted by Gasteiger charge is 2.50. The van der Waals surface area contributed by atoms with Gasteiger partial charge in [-0.05, 0) is 111 Å². The molecule has 0 bridgehead atoms. The maximum Gasteiger partial charge on any atom is 0.333 e. The average molecular weight is 1310 g/mol. The summed E-state index contributed by atoms with van der Waals surface area (Å²) in [6.45, 7) is 6.73. The second-order valence-corrected chi connectivity index (χ2v) is 28.2. The van der Waals surface area contributed by atoms with E-state index in [1.54, 1.807) is 54.6 Å². The number of hydrogen-bond acceptors (Lipinski definition) is 21. The summed E-state index contributed by atoms with van der Waals surface area (Å²) >= 11 is 0. The van der Waals surface area contributed by atoms with Crippen LogP contribution in [0.3, 0.4) is 0 Å². The van der Waals surface area contributed by atoms with Gasteiger partial charge in [-0.2, -0.15) is 38.2 Å². The van der Waals surface area contributed by atoms with E-state index < -0.39 is 105 Å². The fourth-order valence-electron chi connectivity index (χ4n) is 11.1. The second kappa shape index (κ2) is 27.4. The number of nitrogens with zero attached hydrogens (tertiary/aromatic N) is 3. The summed E-state index contributed by atoms with van der Waals surface area (Å²) in [5.74, 6) is -3.05. The fraction of sp³-hybridized carbons (Fsp3) is 0.455. The van der Waals surface area contributed by atoms with Gasteiger partial charge in [0.05, 0.1) is 65.5 Å². The quantitative estimate of drug-likeness (QED) is 0.0170. The van der Waals surface area contributed by atoms with Crippen LogP contribution in [0.1, 0.15) is 76.8 Å². The van der Waals surface area contributed by atoms with E-state index in [0.29, 0.717) is 58.8 Å². The van der Waals surface area contributed by atoms with Gasteiger partial charge < -0.3 is 38.0 Å². The Morgan fingerprint density at radius 2 is 1.22 bits per heavy atom. The molecule has 7 rings (SSSR count). The number of amides is 2. The molecule has 87 heavy (non-hydrogen) atoms. The molecule has 3 aliphatic rings. The van der Waals surface area contributed by atoms with Crippen LogP contribution in [0, 0.1) is 0 Å². The number of ether oxygens (including phenoxy) is 5. The molecule has 476 valence electrons. The molecule has 1 fully saturated rings. The number of benzene rings is 4. The van der Waals surface area contributed by atoms with Gasteiger partial charge in [-0.25, -0.2) is 13.2 Å². The number of anilines is 1. The zero-order valence-electron chi connectivity index (χ0n) is 48.0. The van der Waals surface area contributed by atoms with Crippen LogP contribution >= 0.6 is 0 Å². The lowest BCUT2D eigenvalue weighted by Crippen LogP contribution is -2.33. The normalized spacial score (nSPS) is 19.2.